The van der Waals surface area contributed by atoms with Crippen molar-refractivity contribution in [3.8, 4) is 11.4 Å². The number of benzene rings is 2. The second-order valence-corrected chi connectivity index (χ2v) is 5.54. The molecule has 0 aliphatic carbocycles. The molecular weight excluding hydrogens is 306 g/mol. The molecule has 3 aromatic rings. The first-order valence-corrected chi connectivity index (χ1v) is 7.79. The van der Waals surface area contributed by atoms with Gasteiger partial charge in [0.2, 0.25) is 0 Å². The first-order valence-electron chi connectivity index (χ1n) is 7.79. The van der Waals surface area contributed by atoms with Crippen molar-refractivity contribution in [1.29, 1.82) is 0 Å². The highest BCUT2D eigenvalue weighted by atomic mass is 16.3. The minimum atomic E-state index is -0.359. The summed E-state index contributed by atoms with van der Waals surface area (Å²) in [4.78, 5) is 13.2. The lowest BCUT2D eigenvalue weighted by Crippen LogP contribution is -2.29. The Bertz CT molecular complexity index is 855. The number of aryl methyl sites for hydroxylation is 1. The van der Waals surface area contributed by atoms with Gasteiger partial charge in [0, 0.05) is 6.54 Å². The number of carbonyl (C=O) groups is 1. The number of phenols is 1. The molecule has 1 aromatic heterocycles. The molecule has 0 spiro atoms. The molecule has 3 rings (SSSR count). The van der Waals surface area contributed by atoms with Crippen molar-refractivity contribution in [2.75, 3.05) is 11.9 Å². The third kappa shape index (κ3) is 3.15. The van der Waals surface area contributed by atoms with Crippen molar-refractivity contribution in [3.63, 3.8) is 0 Å². The molecule has 0 unspecified atom stereocenters. The average Bonchev–Trinajstić information content (AvgIpc) is 2.99. The molecule has 0 bridgehead atoms. The maximum absolute atomic E-state index is 11.9. The fourth-order valence-electron chi connectivity index (χ4n) is 2.38. The Morgan fingerprint density at radius 3 is 2.50 bits per heavy atom. The quantitative estimate of drug-likeness (QED) is 0.643. The summed E-state index contributed by atoms with van der Waals surface area (Å²) in [7, 11) is 0. The number of aromatic hydroxyl groups is 1. The van der Waals surface area contributed by atoms with Crippen LogP contribution in [0.4, 0.5) is 10.5 Å². The van der Waals surface area contributed by atoms with Gasteiger partial charge in [-0.2, -0.15) is 0 Å². The van der Waals surface area contributed by atoms with Crippen molar-refractivity contribution in [1.82, 2.24) is 20.3 Å². The van der Waals surface area contributed by atoms with E-state index in [2.05, 4.69) is 20.8 Å². The van der Waals surface area contributed by atoms with E-state index in [9.17, 15) is 9.90 Å². The number of fused-ring (bicyclic) bond motifs is 1. The van der Waals surface area contributed by atoms with Crippen LogP contribution < -0.4 is 10.6 Å². The zero-order chi connectivity index (χ0) is 17.1. The molecule has 7 nitrogen and oxygen atoms in total. The van der Waals surface area contributed by atoms with Gasteiger partial charge in [-0.3, -0.25) is 0 Å². The third-order valence-electron chi connectivity index (χ3n) is 3.52. The monoisotopic (exact) mass is 325 g/mol. The number of hydrogen-bond donors (Lipinski definition) is 3. The van der Waals surface area contributed by atoms with Gasteiger partial charge in [0.1, 0.15) is 16.7 Å². The summed E-state index contributed by atoms with van der Waals surface area (Å²) in [6.07, 6.45) is 0.836. The molecule has 24 heavy (non-hydrogen) atoms. The molecule has 0 fully saturated rings. The summed E-state index contributed by atoms with van der Waals surface area (Å²) in [5, 5.41) is 24.6. The molecule has 0 radical (unpaired) electrons. The van der Waals surface area contributed by atoms with Gasteiger partial charge in [-0.1, -0.05) is 19.1 Å². The molecule has 124 valence electrons. The number of nitrogens with one attached hydrogen (secondary N) is 2. The Morgan fingerprint density at radius 2 is 1.88 bits per heavy atom. The summed E-state index contributed by atoms with van der Waals surface area (Å²) in [6.45, 7) is 4.41. The van der Waals surface area contributed by atoms with Crippen LogP contribution in [-0.4, -0.2) is 32.7 Å². The van der Waals surface area contributed by atoms with E-state index in [0.29, 0.717) is 17.9 Å². The lowest BCUT2D eigenvalue weighted by Gasteiger charge is -2.12. The van der Waals surface area contributed by atoms with E-state index in [-0.39, 0.29) is 11.8 Å². The number of nitrogens with zero attached hydrogens (tertiary/aromatic N) is 3. The van der Waals surface area contributed by atoms with E-state index in [0.717, 1.165) is 23.0 Å². The van der Waals surface area contributed by atoms with Crippen LogP contribution in [0, 0.1) is 6.92 Å². The van der Waals surface area contributed by atoms with Crippen molar-refractivity contribution in [3.05, 3.63) is 42.0 Å². The van der Waals surface area contributed by atoms with Crippen molar-refractivity contribution in [2.24, 2.45) is 0 Å². The van der Waals surface area contributed by atoms with E-state index in [1.165, 1.54) is 4.80 Å². The fourth-order valence-corrected chi connectivity index (χ4v) is 2.38. The van der Waals surface area contributed by atoms with Crippen LogP contribution in [0.5, 0.6) is 5.75 Å². The zero-order valence-electron chi connectivity index (χ0n) is 13.6. The zero-order valence-corrected chi connectivity index (χ0v) is 13.6. The predicted molar refractivity (Wildman–Crippen MR) is 92.6 cm³/mol. The summed E-state index contributed by atoms with van der Waals surface area (Å²) >= 11 is 0. The largest absolute Gasteiger partial charge is 0.504 e. The topological polar surface area (TPSA) is 92.1 Å². The minimum absolute atomic E-state index is 0.0763. The Kier molecular flexibility index (Phi) is 4.33. The molecule has 3 N–H and O–H groups in total. The lowest BCUT2D eigenvalue weighted by atomic mass is 10.1. The van der Waals surface area contributed by atoms with Crippen molar-refractivity contribution in [2.45, 2.75) is 20.3 Å². The molecule has 0 saturated carbocycles. The molecule has 7 heteroatoms. The van der Waals surface area contributed by atoms with Gasteiger partial charge < -0.3 is 15.7 Å². The average molecular weight is 325 g/mol. The summed E-state index contributed by atoms with van der Waals surface area (Å²) in [5.41, 5.74) is 3.06. The second kappa shape index (κ2) is 6.57. The highest BCUT2D eigenvalue weighted by Crippen LogP contribution is 2.32. The minimum Gasteiger partial charge on any atom is -0.504 e. The maximum atomic E-state index is 11.9. The molecule has 0 atom stereocenters. The lowest BCUT2D eigenvalue weighted by molar-refractivity contribution is 0.252. The highest BCUT2D eigenvalue weighted by molar-refractivity contribution is 5.92. The van der Waals surface area contributed by atoms with E-state index in [1.54, 1.807) is 12.1 Å². The number of rotatable bonds is 4. The molecule has 0 aliphatic heterocycles. The Balaban J connectivity index is 1.97. The predicted octanol–water partition coefficient (Wildman–Crippen LogP) is 2.97. The number of carbonyl (C=O) groups excluding carboxylic acids is 1. The normalized spacial score (nSPS) is 10.8. The Morgan fingerprint density at radius 1 is 1.21 bits per heavy atom. The van der Waals surface area contributed by atoms with E-state index >= 15 is 0 Å². The van der Waals surface area contributed by atoms with Gasteiger partial charge in [-0.05, 0) is 43.2 Å². The molecular formula is C17H19N5O2. The second-order valence-electron chi connectivity index (χ2n) is 5.54. The summed E-state index contributed by atoms with van der Waals surface area (Å²) in [6, 6.07) is 10.6. The molecule has 2 amide bonds. The number of aromatic nitrogens is 3. The van der Waals surface area contributed by atoms with Gasteiger partial charge >= 0.3 is 6.03 Å². The first kappa shape index (κ1) is 15.8. The van der Waals surface area contributed by atoms with E-state index in [4.69, 9.17) is 0 Å². The summed E-state index contributed by atoms with van der Waals surface area (Å²) in [5.74, 6) is -0.0763. The molecule has 0 saturated heterocycles. The van der Waals surface area contributed by atoms with E-state index < -0.39 is 0 Å². The van der Waals surface area contributed by atoms with Crippen LogP contribution in [0.3, 0.4) is 0 Å². The molecule has 0 aliphatic rings. The fraction of sp³-hybridized carbons (Fsp3) is 0.235. The van der Waals surface area contributed by atoms with Crippen LogP contribution in [0.1, 0.15) is 18.9 Å². The molecule has 1 heterocycles. The maximum Gasteiger partial charge on any atom is 0.319 e. The van der Waals surface area contributed by atoms with Crippen LogP contribution >= 0.6 is 0 Å². The number of urea groups is 1. The number of phenolic OH excluding ortho intramolecular Hbond substituents is 1. The van der Waals surface area contributed by atoms with Crippen LogP contribution in [0.2, 0.25) is 0 Å². The standard InChI is InChI=1S/C17H19N5O2/c1-3-8-18-17(24)19-14-9-11(2)10-15(16(14)23)22-20-12-6-4-5-7-13(12)21-22/h4-7,9-10,23H,3,8H2,1-2H3,(H2,18,19,24). The SMILES string of the molecule is CCCNC(=O)Nc1cc(C)cc(-n2nc3ccccc3n2)c1O. The highest BCUT2D eigenvalue weighted by Gasteiger charge is 2.15. The van der Waals surface area contributed by atoms with Gasteiger partial charge in [0.15, 0.2) is 5.75 Å². The van der Waals surface area contributed by atoms with Crippen LogP contribution in [-0.2, 0) is 0 Å². The van der Waals surface area contributed by atoms with Gasteiger partial charge in [-0.15, -0.1) is 15.0 Å². The smallest absolute Gasteiger partial charge is 0.319 e. The van der Waals surface area contributed by atoms with Crippen molar-refractivity contribution < 1.29 is 9.90 Å². The van der Waals surface area contributed by atoms with Crippen LogP contribution in [0.25, 0.3) is 16.7 Å². The third-order valence-corrected chi connectivity index (χ3v) is 3.52. The van der Waals surface area contributed by atoms with Gasteiger partial charge in [0.25, 0.3) is 0 Å². The Labute approximate surface area is 139 Å². The molecule has 2 aromatic carbocycles. The number of hydrogen-bond acceptors (Lipinski definition) is 4. The van der Waals surface area contributed by atoms with Gasteiger partial charge in [0.05, 0.1) is 5.69 Å². The summed E-state index contributed by atoms with van der Waals surface area (Å²) < 4.78 is 0. The number of amides is 2. The van der Waals surface area contributed by atoms with Gasteiger partial charge in [-0.25, -0.2) is 4.79 Å². The van der Waals surface area contributed by atoms with Crippen molar-refractivity contribution >= 4 is 22.8 Å². The first-order chi connectivity index (χ1) is 11.6. The van der Waals surface area contributed by atoms with E-state index in [1.807, 2.05) is 38.1 Å². The Hall–Kier alpha value is -3.09. The number of anilines is 1. The van der Waals surface area contributed by atoms with Crippen LogP contribution in [0.15, 0.2) is 36.4 Å².